The molecule has 1 aliphatic rings. The summed E-state index contributed by atoms with van der Waals surface area (Å²) >= 11 is 0. The molecular formula is C23H28N4O4. The molecule has 1 atom stereocenters. The van der Waals surface area contributed by atoms with Crippen molar-refractivity contribution in [2.24, 2.45) is 0 Å². The number of para-hydroxylation sites is 2. The Bertz CT molecular complexity index is 945. The lowest BCUT2D eigenvalue weighted by Gasteiger charge is -2.30. The van der Waals surface area contributed by atoms with E-state index in [-0.39, 0.29) is 43.3 Å². The molecule has 0 spiro atoms. The summed E-state index contributed by atoms with van der Waals surface area (Å²) in [4.78, 5) is 41.3. The van der Waals surface area contributed by atoms with E-state index in [4.69, 9.17) is 4.74 Å². The fourth-order valence-electron chi connectivity index (χ4n) is 3.59. The van der Waals surface area contributed by atoms with E-state index in [0.29, 0.717) is 29.4 Å². The number of fused-ring (bicyclic) bond motifs is 1. The highest BCUT2D eigenvalue weighted by Crippen LogP contribution is 2.31. The zero-order valence-electron chi connectivity index (χ0n) is 18.1. The molecule has 8 heteroatoms. The van der Waals surface area contributed by atoms with Gasteiger partial charge in [-0.05, 0) is 49.9 Å². The summed E-state index contributed by atoms with van der Waals surface area (Å²) in [6.45, 7) is 4.43. The number of methoxy groups -OCH3 is 1. The van der Waals surface area contributed by atoms with Gasteiger partial charge in [-0.1, -0.05) is 19.1 Å². The Morgan fingerprint density at radius 3 is 2.55 bits per heavy atom. The lowest BCUT2D eigenvalue weighted by atomic mass is 10.1. The highest BCUT2D eigenvalue weighted by molar-refractivity contribution is 6.05. The van der Waals surface area contributed by atoms with Crippen LogP contribution in [-0.2, 0) is 14.4 Å². The molecule has 164 valence electrons. The molecule has 0 unspecified atom stereocenters. The molecule has 0 bridgehead atoms. The topological polar surface area (TPSA) is 91.0 Å². The minimum Gasteiger partial charge on any atom is -0.497 e. The molecule has 0 fully saturated rings. The number of nitrogens with one attached hydrogen (secondary N) is 2. The molecule has 2 N–H and O–H groups in total. The number of rotatable bonds is 7. The number of nitrogens with zero attached hydrogens (tertiary/aromatic N) is 2. The van der Waals surface area contributed by atoms with Gasteiger partial charge in [-0.2, -0.15) is 0 Å². The van der Waals surface area contributed by atoms with Crippen molar-refractivity contribution >= 4 is 34.8 Å². The summed E-state index contributed by atoms with van der Waals surface area (Å²) in [6, 6.07) is 14.0. The molecule has 0 radical (unpaired) electrons. The second kappa shape index (κ2) is 10.1. The first kappa shape index (κ1) is 22.3. The van der Waals surface area contributed by atoms with E-state index in [0.717, 1.165) is 0 Å². The van der Waals surface area contributed by atoms with Crippen LogP contribution in [0.4, 0.5) is 17.1 Å². The van der Waals surface area contributed by atoms with Crippen LogP contribution in [0.2, 0.25) is 0 Å². The van der Waals surface area contributed by atoms with E-state index in [1.54, 1.807) is 47.2 Å². The first-order chi connectivity index (χ1) is 14.9. The van der Waals surface area contributed by atoms with Gasteiger partial charge in [-0.3, -0.25) is 19.3 Å². The van der Waals surface area contributed by atoms with Gasteiger partial charge in [-0.25, -0.2) is 0 Å². The zero-order chi connectivity index (χ0) is 22.4. The zero-order valence-corrected chi connectivity index (χ0v) is 18.1. The summed E-state index contributed by atoms with van der Waals surface area (Å²) in [7, 11) is 1.58. The molecule has 0 aromatic heterocycles. The van der Waals surface area contributed by atoms with E-state index >= 15 is 0 Å². The summed E-state index contributed by atoms with van der Waals surface area (Å²) in [6.07, 6.45) is 0.213. The Hall–Kier alpha value is -3.39. The van der Waals surface area contributed by atoms with Crippen LogP contribution >= 0.6 is 0 Å². The monoisotopic (exact) mass is 424 g/mol. The molecule has 0 saturated heterocycles. The van der Waals surface area contributed by atoms with Crippen molar-refractivity contribution < 1.29 is 19.1 Å². The fourth-order valence-corrected chi connectivity index (χ4v) is 3.59. The third-order valence-corrected chi connectivity index (χ3v) is 5.18. The molecule has 31 heavy (non-hydrogen) atoms. The number of carbonyl (C=O) groups is 3. The van der Waals surface area contributed by atoms with Gasteiger partial charge in [0.05, 0.1) is 31.6 Å². The quantitative estimate of drug-likeness (QED) is 0.713. The fraction of sp³-hybridized carbons (Fsp3) is 0.348. The van der Waals surface area contributed by atoms with Crippen molar-refractivity contribution in [3.05, 3.63) is 48.5 Å². The van der Waals surface area contributed by atoms with Gasteiger partial charge in [0, 0.05) is 18.2 Å². The number of benzene rings is 2. The Morgan fingerprint density at radius 1 is 1.16 bits per heavy atom. The SMILES string of the molecule is CCN(CC(=O)Nc1ccc(OC)cc1)CC(=O)N1c2ccccc2NC(=O)C[C@@H]1C. The maximum Gasteiger partial charge on any atom is 0.241 e. The third kappa shape index (κ3) is 5.61. The normalized spacial score (nSPS) is 15.7. The molecule has 0 aliphatic carbocycles. The van der Waals surface area contributed by atoms with Crippen molar-refractivity contribution in [2.75, 3.05) is 42.3 Å². The molecule has 3 rings (SSSR count). The van der Waals surface area contributed by atoms with Gasteiger partial charge < -0.3 is 20.3 Å². The van der Waals surface area contributed by atoms with Crippen LogP contribution in [0.25, 0.3) is 0 Å². The molecule has 2 aromatic carbocycles. The van der Waals surface area contributed by atoms with Crippen LogP contribution in [0.15, 0.2) is 48.5 Å². The van der Waals surface area contributed by atoms with E-state index in [2.05, 4.69) is 10.6 Å². The largest absolute Gasteiger partial charge is 0.497 e. The number of hydrogen-bond acceptors (Lipinski definition) is 5. The Balaban J connectivity index is 1.67. The van der Waals surface area contributed by atoms with Crippen molar-refractivity contribution in [1.82, 2.24) is 4.90 Å². The van der Waals surface area contributed by atoms with Crippen LogP contribution < -0.4 is 20.3 Å². The molecule has 1 aliphatic heterocycles. The number of hydrogen-bond donors (Lipinski definition) is 2. The molecule has 3 amide bonds. The number of carbonyl (C=O) groups excluding carboxylic acids is 3. The standard InChI is InChI=1S/C23H28N4O4/c1-4-26(14-22(29)24-17-9-11-18(31-3)12-10-17)15-23(30)27-16(2)13-21(28)25-19-7-5-6-8-20(19)27/h5-12,16H,4,13-15H2,1-3H3,(H,24,29)(H,25,28)/t16-/m0/s1. The van der Waals surface area contributed by atoms with Crippen molar-refractivity contribution in [2.45, 2.75) is 26.3 Å². The van der Waals surface area contributed by atoms with Crippen LogP contribution in [0, 0.1) is 0 Å². The summed E-state index contributed by atoms with van der Waals surface area (Å²) < 4.78 is 5.12. The summed E-state index contributed by atoms with van der Waals surface area (Å²) in [5, 5.41) is 5.69. The lowest BCUT2D eigenvalue weighted by Crippen LogP contribution is -2.46. The van der Waals surface area contributed by atoms with Gasteiger partial charge in [0.15, 0.2) is 0 Å². The summed E-state index contributed by atoms with van der Waals surface area (Å²) in [5.74, 6) is 0.219. The molecule has 1 heterocycles. The third-order valence-electron chi connectivity index (χ3n) is 5.18. The molecule has 0 saturated carbocycles. The summed E-state index contributed by atoms with van der Waals surface area (Å²) in [5.41, 5.74) is 1.95. The highest BCUT2D eigenvalue weighted by Gasteiger charge is 2.30. The van der Waals surface area contributed by atoms with Gasteiger partial charge in [0.1, 0.15) is 5.75 Å². The van der Waals surface area contributed by atoms with Gasteiger partial charge in [-0.15, -0.1) is 0 Å². The van der Waals surface area contributed by atoms with E-state index in [9.17, 15) is 14.4 Å². The number of anilines is 3. The maximum atomic E-state index is 13.2. The minimum absolute atomic E-state index is 0.0688. The van der Waals surface area contributed by atoms with Crippen molar-refractivity contribution in [1.29, 1.82) is 0 Å². The average Bonchev–Trinajstić information content (AvgIpc) is 2.87. The molecular weight excluding hydrogens is 396 g/mol. The van der Waals surface area contributed by atoms with Crippen molar-refractivity contribution in [3.8, 4) is 5.75 Å². The highest BCUT2D eigenvalue weighted by atomic mass is 16.5. The smallest absolute Gasteiger partial charge is 0.241 e. The van der Waals surface area contributed by atoms with Gasteiger partial charge >= 0.3 is 0 Å². The maximum absolute atomic E-state index is 13.2. The number of likely N-dealkylation sites (N-methyl/N-ethyl adjacent to an activating group) is 1. The predicted octanol–water partition coefficient (Wildman–Crippen LogP) is 2.72. The van der Waals surface area contributed by atoms with Gasteiger partial charge in [0.25, 0.3) is 0 Å². The van der Waals surface area contributed by atoms with Crippen LogP contribution in [-0.4, -0.2) is 55.4 Å². The van der Waals surface area contributed by atoms with E-state index in [1.807, 2.05) is 32.0 Å². The molecule has 2 aromatic rings. The van der Waals surface area contributed by atoms with Crippen LogP contribution in [0.5, 0.6) is 5.75 Å². The second-order valence-corrected chi connectivity index (χ2v) is 7.46. The number of amides is 3. The van der Waals surface area contributed by atoms with E-state index < -0.39 is 0 Å². The van der Waals surface area contributed by atoms with E-state index in [1.165, 1.54) is 0 Å². The van der Waals surface area contributed by atoms with Crippen LogP contribution in [0.1, 0.15) is 20.3 Å². The van der Waals surface area contributed by atoms with Crippen molar-refractivity contribution in [3.63, 3.8) is 0 Å². The predicted molar refractivity (Wildman–Crippen MR) is 120 cm³/mol. The second-order valence-electron chi connectivity index (χ2n) is 7.46. The lowest BCUT2D eigenvalue weighted by molar-refractivity contribution is -0.121. The van der Waals surface area contributed by atoms with Gasteiger partial charge in [0.2, 0.25) is 17.7 Å². The number of ether oxygens (including phenoxy) is 1. The Morgan fingerprint density at radius 2 is 1.87 bits per heavy atom. The Labute approximate surface area is 182 Å². The minimum atomic E-state index is -0.289. The first-order valence-electron chi connectivity index (χ1n) is 10.3. The molecule has 8 nitrogen and oxygen atoms in total. The Kier molecular flexibility index (Phi) is 7.25. The first-order valence-corrected chi connectivity index (χ1v) is 10.3. The van der Waals surface area contributed by atoms with Crippen LogP contribution in [0.3, 0.4) is 0 Å². The average molecular weight is 425 g/mol.